The summed E-state index contributed by atoms with van der Waals surface area (Å²) in [6.45, 7) is 0.226. The number of alkyl halides is 2. The quantitative estimate of drug-likeness (QED) is 0.623. The lowest BCUT2D eigenvalue weighted by Gasteiger charge is -2.21. The van der Waals surface area contributed by atoms with Gasteiger partial charge in [-0.05, 0) is 19.4 Å². The second-order valence-electron chi connectivity index (χ2n) is 3.07. The maximum absolute atomic E-state index is 12.0. The Hall–Kier alpha value is -0.710. The molecule has 5 heteroatoms. The molecule has 0 saturated carbocycles. The molecule has 0 aromatic carbocycles. The van der Waals surface area contributed by atoms with Gasteiger partial charge in [-0.3, -0.25) is 9.69 Å². The minimum Gasteiger partial charge on any atom is -0.468 e. The fraction of sp³-hybridized carbons (Fsp3) is 0.875. The highest BCUT2D eigenvalue weighted by molar-refractivity contribution is 5.75. The number of hydrogen-bond donors (Lipinski definition) is 0. The van der Waals surface area contributed by atoms with Crippen LogP contribution >= 0.6 is 0 Å². The zero-order valence-electron chi connectivity index (χ0n) is 7.50. The van der Waals surface area contributed by atoms with Crippen molar-refractivity contribution in [3.05, 3.63) is 0 Å². The van der Waals surface area contributed by atoms with Crippen molar-refractivity contribution in [1.82, 2.24) is 4.90 Å². The topological polar surface area (TPSA) is 29.5 Å². The lowest BCUT2D eigenvalue weighted by molar-refractivity contribution is -0.146. The van der Waals surface area contributed by atoms with E-state index in [0.717, 1.165) is 6.42 Å². The number of nitrogens with zero attached hydrogens (tertiary/aromatic N) is 1. The number of likely N-dealkylation sites (tertiary alicyclic amines) is 1. The molecular weight excluding hydrogens is 180 g/mol. The summed E-state index contributed by atoms with van der Waals surface area (Å²) in [5, 5.41) is 0. The van der Waals surface area contributed by atoms with E-state index in [1.165, 1.54) is 12.0 Å². The van der Waals surface area contributed by atoms with Crippen LogP contribution in [-0.2, 0) is 9.53 Å². The second kappa shape index (κ2) is 4.50. The first-order valence-electron chi connectivity index (χ1n) is 4.25. The van der Waals surface area contributed by atoms with Gasteiger partial charge in [-0.15, -0.1) is 0 Å². The summed E-state index contributed by atoms with van der Waals surface area (Å²) in [6, 6.07) is -0.459. The molecule has 0 aliphatic carbocycles. The van der Waals surface area contributed by atoms with Gasteiger partial charge in [-0.25, -0.2) is 8.78 Å². The Labute approximate surface area is 75.7 Å². The predicted octanol–water partition coefficient (Wildman–Crippen LogP) is 0.889. The maximum atomic E-state index is 12.0. The summed E-state index contributed by atoms with van der Waals surface area (Å²) in [4.78, 5) is 12.6. The van der Waals surface area contributed by atoms with Crippen molar-refractivity contribution in [3.63, 3.8) is 0 Å². The van der Waals surface area contributed by atoms with Crippen LogP contribution in [0.1, 0.15) is 12.8 Å². The van der Waals surface area contributed by atoms with Gasteiger partial charge in [-0.2, -0.15) is 0 Å². The largest absolute Gasteiger partial charge is 0.468 e. The minimum absolute atomic E-state index is 0.334. The Balaban J connectivity index is 2.48. The molecule has 0 unspecified atom stereocenters. The van der Waals surface area contributed by atoms with Gasteiger partial charge >= 0.3 is 5.97 Å². The molecule has 1 atom stereocenters. The third-order valence-corrected chi connectivity index (χ3v) is 2.21. The van der Waals surface area contributed by atoms with Crippen LogP contribution in [0.4, 0.5) is 8.78 Å². The number of carbonyl (C=O) groups is 1. The summed E-state index contributed by atoms with van der Waals surface area (Å²) >= 11 is 0. The van der Waals surface area contributed by atoms with Crippen molar-refractivity contribution in [2.24, 2.45) is 0 Å². The molecule has 3 nitrogen and oxygen atoms in total. The Morgan fingerprint density at radius 1 is 1.69 bits per heavy atom. The summed E-state index contributed by atoms with van der Waals surface area (Å²) in [5.41, 5.74) is 0. The van der Waals surface area contributed by atoms with E-state index >= 15 is 0 Å². The van der Waals surface area contributed by atoms with E-state index in [9.17, 15) is 13.6 Å². The predicted molar refractivity (Wildman–Crippen MR) is 42.6 cm³/mol. The molecule has 0 aromatic heterocycles. The van der Waals surface area contributed by atoms with E-state index in [-0.39, 0.29) is 6.54 Å². The average Bonchev–Trinajstić information content (AvgIpc) is 2.50. The van der Waals surface area contributed by atoms with Crippen molar-refractivity contribution in [2.45, 2.75) is 25.3 Å². The number of esters is 1. The van der Waals surface area contributed by atoms with Crippen LogP contribution < -0.4 is 0 Å². The van der Waals surface area contributed by atoms with Gasteiger partial charge < -0.3 is 4.74 Å². The molecule has 0 spiro atoms. The Kier molecular flexibility index (Phi) is 3.59. The molecule has 1 aliphatic heterocycles. The number of ether oxygens (including phenoxy) is 1. The van der Waals surface area contributed by atoms with Crippen LogP contribution in [0.25, 0.3) is 0 Å². The maximum Gasteiger partial charge on any atom is 0.323 e. The Morgan fingerprint density at radius 3 is 2.92 bits per heavy atom. The van der Waals surface area contributed by atoms with Gasteiger partial charge in [0.15, 0.2) is 0 Å². The number of carbonyl (C=O) groups excluding carboxylic acids is 1. The Morgan fingerprint density at radius 2 is 2.38 bits per heavy atom. The highest BCUT2D eigenvalue weighted by Crippen LogP contribution is 2.19. The fourth-order valence-electron chi connectivity index (χ4n) is 1.62. The number of rotatable bonds is 3. The van der Waals surface area contributed by atoms with E-state index in [1.807, 2.05) is 0 Å². The SMILES string of the molecule is COC(=O)[C@@H]1CCCN1CC(F)F. The monoisotopic (exact) mass is 193 g/mol. The van der Waals surface area contributed by atoms with Gasteiger partial charge in [0.05, 0.1) is 13.7 Å². The fourth-order valence-corrected chi connectivity index (χ4v) is 1.62. The third kappa shape index (κ3) is 2.62. The first-order valence-corrected chi connectivity index (χ1v) is 4.25. The van der Waals surface area contributed by atoms with E-state index in [2.05, 4.69) is 4.74 Å². The molecule has 0 N–H and O–H groups in total. The lowest BCUT2D eigenvalue weighted by atomic mass is 10.2. The second-order valence-corrected chi connectivity index (χ2v) is 3.07. The van der Waals surface area contributed by atoms with Crippen LogP contribution in [0, 0.1) is 0 Å². The molecule has 1 aliphatic rings. The zero-order chi connectivity index (χ0) is 9.84. The van der Waals surface area contributed by atoms with Gasteiger partial charge in [0, 0.05) is 0 Å². The molecule has 1 rings (SSSR count). The number of methoxy groups -OCH3 is 1. The van der Waals surface area contributed by atoms with E-state index in [1.54, 1.807) is 0 Å². The number of hydrogen-bond acceptors (Lipinski definition) is 3. The van der Waals surface area contributed by atoms with Gasteiger partial charge in [0.1, 0.15) is 6.04 Å². The van der Waals surface area contributed by atoms with Crippen LogP contribution in [0.5, 0.6) is 0 Å². The molecule has 1 heterocycles. The van der Waals surface area contributed by atoms with Crippen LogP contribution in [0.3, 0.4) is 0 Å². The van der Waals surface area contributed by atoms with E-state index < -0.39 is 18.4 Å². The van der Waals surface area contributed by atoms with E-state index in [0.29, 0.717) is 13.0 Å². The normalized spacial score (nSPS) is 23.8. The lowest BCUT2D eigenvalue weighted by Crippen LogP contribution is -2.39. The van der Waals surface area contributed by atoms with Gasteiger partial charge in [0.25, 0.3) is 6.43 Å². The summed E-state index contributed by atoms with van der Waals surface area (Å²) < 4.78 is 28.6. The summed E-state index contributed by atoms with van der Waals surface area (Å²) in [7, 11) is 1.28. The molecule has 0 radical (unpaired) electrons. The highest BCUT2D eigenvalue weighted by Gasteiger charge is 2.32. The standard InChI is InChI=1S/C8H13F2NO2/c1-13-8(12)6-3-2-4-11(6)5-7(9)10/h6-7H,2-5H2,1H3/t6-/m0/s1. The average molecular weight is 193 g/mol. The summed E-state index contributed by atoms with van der Waals surface area (Å²) in [5.74, 6) is -0.404. The molecule has 0 aromatic rings. The smallest absolute Gasteiger partial charge is 0.323 e. The van der Waals surface area contributed by atoms with Crippen molar-refractivity contribution < 1.29 is 18.3 Å². The van der Waals surface area contributed by atoms with Crippen molar-refractivity contribution in [3.8, 4) is 0 Å². The van der Waals surface area contributed by atoms with Gasteiger partial charge in [-0.1, -0.05) is 0 Å². The highest BCUT2D eigenvalue weighted by atomic mass is 19.3. The molecule has 13 heavy (non-hydrogen) atoms. The molecule has 1 saturated heterocycles. The van der Waals surface area contributed by atoms with Gasteiger partial charge in [0.2, 0.25) is 0 Å². The van der Waals surface area contributed by atoms with Crippen LogP contribution in [-0.4, -0.2) is 43.5 Å². The zero-order valence-corrected chi connectivity index (χ0v) is 7.50. The number of halogens is 2. The van der Waals surface area contributed by atoms with Crippen molar-refractivity contribution in [2.75, 3.05) is 20.2 Å². The molecule has 0 amide bonds. The Bertz CT molecular complexity index is 187. The van der Waals surface area contributed by atoms with Crippen molar-refractivity contribution in [1.29, 1.82) is 0 Å². The molecule has 0 bridgehead atoms. The third-order valence-electron chi connectivity index (χ3n) is 2.21. The first-order chi connectivity index (χ1) is 6.15. The molecule has 1 fully saturated rings. The molecular formula is C8H13F2NO2. The summed E-state index contributed by atoms with van der Waals surface area (Å²) in [6.07, 6.45) is -0.975. The first kappa shape index (κ1) is 10.4. The van der Waals surface area contributed by atoms with Crippen molar-refractivity contribution >= 4 is 5.97 Å². The van der Waals surface area contributed by atoms with Crippen LogP contribution in [0.2, 0.25) is 0 Å². The minimum atomic E-state index is -2.38. The van der Waals surface area contributed by atoms with Crippen LogP contribution in [0.15, 0.2) is 0 Å². The van der Waals surface area contributed by atoms with E-state index in [4.69, 9.17) is 0 Å². The molecule has 76 valence electrons.